The molecule has 5 heteroatoms. The smallest absolute Gasteiger partial charge is 0.339 e. The fourth-order valence-electron chi connectivity index (χ4n) is 3.11. The Kier molecular flexibility index (Phi) is 5.80. The van der Waals surface area contributed by atoms with Crippen LogP contribution in [0.25, 0.3) is 0 Å². The average Bonchev–Trinajstić information content (AvgIpc) is 2.89. The lowest BCUT2D eigenvalue weighted by Crippen LogP contribution is -3.12. The summed E-state index contributed by atoms with van der Waals surface area (Å²) in [7, 11) is 3.36. The van der Waals surface area contributed by atoms with Crippen molar-refractivity contribution in [1.82, 2.24) is 4.98 Å². The molecule has 0 bridgehead atoms. The van der Waals surface area contributed by atoms with Gasteiger partial charge < -0.3 is 14.6 Å². The summed E-state index contributed by atoms with van der Waals surface area (Å²) in [6.07, 6.45) is 0. The maximum Gasteiger partial charge on any atom is 0.339 e. The third kappa shape index (κ3) is 3.82. The molecule has 134 valence electrons. The van der Waals surface area contributed by atoms with Gasteiger partial charge in [0.15, 0.2) is 6.04 Å². The minimum atomic E-state index is -0.418. The Morgan fingerprint density at radius 2 is 1.84 bits per heavy atom. The number of carbonyl (C=O) groups excluding carboxylic acids is 2. The number of likely N-dealkylation sites (N-methyl/N-ethyl adjacent to an activating group) is 1. The van der Waals surface area contributed by atoms with Gasteiger partial charge >= 0.3 is 5.97 Å². The van der Waals surface area contributed by atoms with Crippen LogP contribution in [0.3, 0.4) is 0 Å². The number of hydrogen-bond acceptors (Lipinski definition) is 3. The summed E-state index contributed by atoms with van der Waals surface area (Å²) in [6, 6.07) is 7.97. The summed E-state index contributed by atoms with van der Waals surface area (Å²) in [5.41, 5.74) is 4.72. The lowest BCUT2D eigenvalue weighted by molar-refractivity contribution is -0.907. The molecule has 1 heterocycles. The number of aryl methyl sites for hydroxylation is 2. The number of esters is 1. The second kappa shape index (κ2) is 7.66. The van der Waals surface area contributed by atoms with Crippen molar-refractivity contribution in [1.29, 1.82) is 0 Å². The summed E-state index contributed by atoms with van der Waals surface area (Å²) >= 11 is 0. The van der Waals surface area contributed by atoms with E-state index in [4.69, 9.17) is 4.74 Å². The molecule has 5 nitrogen and oxygen atoms in total. The second-order valence-electron chi connectivity index (χ2n) is 6.65. The number of aromatic amines is 1. The number of ether oxygens (including phenoxy) is 1. The van der Waals surface area contributed by atoms with E-state index in [2.05, 4.69) is 24.0 Å². The van der Waals surface area contributed by atoms with Crippen molar-refractivity contribution in [2.24, 2.45) is 0 Å². The predicted octanol–water partition coefficient (Wildman–Crippen LogP) is 2.01. The van der Waals surface area contributed by atoms with Crippen LogP contribution in [0.1, 0.15) is 50.2 Å². The Morgan fingerprint density at radius 3 is 2.44 bits per heavy atom. The molecule has 0 saturated heterocycles. The highest BCUT2D eigenvalue weighted by Crippen LogP contribution is 2.20. The Hall–Kier alpha value is -2.40. The van der Waals surface area contributed by atoms with E-state index in [0.717, 1.165) is 11.4 Å². The number of Topliss-reactive ketones (excluding diaryl/α,β-unsaturated/α-hetero) is 1. The number of rotatable bonds is 6. The highest BCUT2D eigenvalue weighted by Gasteiger charge is 2.29. The maximum absolute atomic E-state index is 13.0. The normalized spacial score (nSPS) is 13.4. The predicted molar refractivity (Wildman–Crippen MR) is 97.2 cm³/mol. The molecule has 0 aliphatic rings. The number of benzene rings is 1. The van der Waals surface area contributed by atoms with E-state index >= 15 is 0 Å². The van der Waals surface area contributed by atoms with Gasteiger partial charge in [-0.05, 0) is 38.8 Å². The first-order valence-corrected chi connectivity index (χ1v) is 8.46. The summed E-state index contributed by atoms with van der Waals surface area (Å²) in [4.78, 5) is 29.0. The van der Waals surface area contributed by atoms with Crippen LogP contribution < -0.4 is 4.90 Å². The highest BCUT2D eigenvalue weighted by atomic mass is 16.5. The Bertz CT molecular complexity index is 792. The number of quaternary nitrogens is 1. The lowest BCUT2D eigenvalue weighted by atomic mass is 10.0. The summed E-state index contributed by atoms with van der Waals surface area (Å²) in [6.45, 7) is 8.33. The molecule has 2 aromatic rings. The number of carbonyl (C=O) groups is 2. The van der Waals surface area contributed by atoms with Crippen molar-refractivity contribution < 1.29 is 19.2 Å². The molecular weight excluding hydrogens is 316 g/mol. The fraction of sp³-hybridized carbons (Fsp3) is 0.400. The minimum Gasteiger partial charge on any atom is -0.465 e. The Morgan fingerprint density at radius 1 is 1.20 bits per heavy atom. The molecule has 2 atom stereocenters. The Labute approximate surface area is 149 Å². The van der Waals surface area contributed by atoms with E-state index in [0.29, 0.717) is 22.5 Å². The van der Waals surface area contributed by atoms with Crippen molar-refractivity contribution in [3.63, 3.8) is 0 Å². The van der Waals surface area contributed by atoms with Crippen LogP contribution in [0.2, 0.25) is 0 Å². The van der Waals surface area contributed by atoms with Crippen LogP contribution >= 0.6 is 0 Å². The molecule has 2 rings (SSSR count). The van der Waals surface area contributed by atoms with Gasteiger partial charge in [0.2, 0.25) is 5.78 Å². The van der Waals surface area contributed by atoms with E-state index in [1.807, 2.05) is 26.1 Å². The second-order valence-corrected chi connectivity index (χ2v) is 6.65. The first-order chi connectivity index (χ1) is 11.8. The largest absolute Gasteiger partial charge is 0.465 e. The third-order valence-corrected chi connectivity index (χ3v) is 4.94. The molecule has 0 spiro atoms. The Balaban J connectivity index is 2.22. The van der Waals surface area contributed by atoms with E-state index in [-0.39, 0.29) is 11.8 Å². The van der Waals surface area contributed by atoms with Crippen LogP contribution in [0.5, 0.6) is 0 Å². The fourth-order valence-corrected chi connectivity index (χ4v) is 3.11. The number of ketones is 1. The molecule has 1 aromatic carbocycles. The number of hydrogen-bond donors (Lipinski definition) is 2. The van der Waals surface area contributed by atoms with Crippen molar-refractivity contribution in [2.75, 3.05) is 14.2 Å². The maximum atomic E-state index is 13.0. The summed E-state index contributed by atoms with van der Waals surface area (Å²) in [5, 5.41) is 0. The molecule has 0 radical (unpaired) electrons. The molecule has 0 aliphatic carbocycles. The zero-order chi connectivity index (χ0) is 18.7. The number of aromatic nitrogens is 1. The third-order valence-electron chi connectivity index (χ3n) is 4.94. The number of H-pyrrole nitrogens is 1. The lowest BCUT2D eigenvalue weighted by Gasteiger charge is -2.21. The quantitative estimate of drug-likeness (QED) is 0.623. The van der Waals surface area contributed by atoms with Gasteiger partial charge in [-0.3, -0.25) is 4.79 Å². The highest BCUT2D eigenvalue weighted by molar-refractivity contribution is 6.03. The molecule has 1 aromatic heterocycles. The van der Waals surface area contributed by atoms with Gasteiger partial charge in [0.1, 0.15) is 6.54 Å². The van der Waals surface area contributed by atoms with Gasteiger partial charge in [0, 0.05) is 11.3 Å². The van der Waals surface area contributed by atoms with Crippen molar-refractivity contribution in [3.8, 4) is 0 Å². The van der Waals surface area contributed by atoms with Crippen LogP contribution in [0.4, 0.5) is 0 Å². The van der Waals surface area contributed by atoms with E-state index in [1.54, 1.807) is 13.8 Å². The van der Waals surface area contributed by atoms with E-state index < -0.39 is 5.97 Å². The monoisotopic (exact) mass is 343 g/mol. The standard InChI is InChI=1S/C20H26N2O3/c1-12-9-7-8-10-16(12)11-22(5)15(4)19(23)18-13(2)17(14(3)21-18)20(24)25-6/h7-10,15,21H,11H2,1-6H3/p+1/t15-/m1/s1. The van der Waals surface area contributed by atoms with Gasteiger partial charge in [-0.25, -0.2) is 4.79 Å². The molecule has 2 N–H and O–H groups in total. The SMILES string of the molecule is COC(=O)c1c(C)[nH]c(C(=O)[C@@H](C)[NH+](C)Cc2ccccc2C)c1C. The van der Waals surface area contributed by atoms with Crippen LogP contribution in [-0.4, -0.2) is 36.9 Å². The van der Waals surface area contributed by atoms with Gasteiger partial charge in [-0.1, -0.05) is 24.3 Å². The number of methoxy groups -OCH3 is 1. The molecule has 25 heavy (non-hydrogen) atoms. The first-order valence-electron chi connectivity index (χ1n) is 8.46. The van der Waals surface area contributed by atoms with Gasteiger partial charge in [-0.15, -0.1) is 0 Å². The number of nitrogens with one attached hydrogen (secondary N) is 2. The zero-order valence-corrected chi connectivity index (χ0v) is 15.8. The van der Waals surface area contributed by atoms with Gasteiger partial charge in [-0.2, -0.15) is 0 Å². The summed E-state index contributed by atoms with van der Waals surface area (Å²) < 4.78 is 4.82. The molecular formula is C20H27N2O3+. The molecule has 0 amide bonds. The molecule has 1 unspecified atom stereocenters. The summed E-state index contributed by atoms with van der Waals surface area (Å²) in [5.74, 6) is -0.416. The molecule has 0 aliphatic heterocycles. The first kappa shape index (κ1) is 18.9. The van der Waals surface area contributed by atoms with E-state index in [9.17, 15) is 9.59 Å². The van der Waals surface area contributed by atoms with Gasteiger partial charge in [0.25, 0.3) is 0 Å². The van der Waals surface area contributed by atoms with Crippen molar-refractivity contribution in [3.05, 3.63) is 57.9 Å². The zero-order valence-electron chi connectivity index (χ0n) is 15.8. The van der Waals surface area contributed by atoms with Crippen LogP contribution in [-0.2, 0) is 11.3 Å². The van der Waals surface area contributed by atoms with Gasteiger partial charge in [0.05, 0.1) is 25.4 Å². The molecule has 0 saturated carbocycles. The van der Waals surface area contributed by atoms with Crippen LogP contribution in [0, 0.1) is 20.8 Å². The topological polar surface area (TPSA) is 63.6 Å². The molecule has 0 fully saturated rings. The average molecular weight is 343 g/mol. The van der Waals surface area contributed by atoms with Crippen molar-refractivity contribution in [2.45, 2.75) is 40.3 Å². The minimum absolute atomic E-state index is 0.00170. The van der Waals surface area contributed by atoms with Crippen molar-refractivity contribution >= 4 is 11.8 Å². The van der Waals surface area contributed by atoms with Crippen LogP contribution in [0.15, 0.2) is 24.3 Å². The van der Waals surface area contributed by atoms with E-state index in [1.165, 1.54) is 18.2 Å².